The van der Waals surface area contributed by atoms with Crippen LogP contribution < -0.4 is 0 Å². The number of fused-ring (bicyclic) bond motifs is 2. The molecule has 0 bridgehead atoms. The van der Waals surface area contributed by atoms with Crippen LogP contribution in [0.5, 0.6) is 0 Å². The molecule has 4 aromatic carbocycles. The zero-order valence-electron chi connectivity index (χ0n) is 14.6. The van der Waals surface area contributed by atoms with Crippen LogP contribution in [0, 0.1) is 6.92 Å². The molecule has 0 saturated heterocycles. The highest BCUT2D eigenvalue weighted by Crippen LogP contribution is 2.43. The van der Waals surface area contributed by atoms with Crippen molar-refractivity contribution >= 4 is 32.9 Å². The molecular formula is C25H18S. The molecule has 0 aliphatic carbocycles. The number of benzene rings is 4. The van der Waals surface area contributed by atoms with E-state index < -0.39 is 0 Å². The second kappa shape index (κ2) is 6.12. The molecule has 1 heterocycles. The molecule has 0 radical (unpaired) electrons. The summed E-state index contributed by atoms with van der Waals surface area (Å²) in [7, 11) is 0. The number of aryl methyl sites for hydroxylation is 1. The molecule has 0 unspecified atom stereocenters. The van der Waals surface area contributed by atoms with E-state index in [4.69, 9.17) is 0 Å². The maximum atomic E-state index is 2.26. The zero-order chi connectivity index (χ0) is 17.5. The Morgan fingerprint density at radius 3 is 1.50 bits per heavy atom. The molecule has 0 nitrogen and oxygen atoms in total. The number of rotatable bonds is 2. The topological polar surface area (TPSA) is 0 Å². The van der Waals surface area contributed by atoms with Crippen LogP contribution in [-0.2, 0) is 0 Å². The first-order chi connectivity index (χ1) is 12.8. The largest absolute Gasteiger partial charge is 0.152 e. The third-order valence-corrected chi connectivity index (χ3v) is 5.76. The molecule has 5 aromatic rings. The van der Waals surface area contributed by atoms with Crippen molar-refractivity contribution in [1.82, 2.24) is 0 Å². The molecule has 0 aliphatic rings. The molecule has 1 heteroatoms. The third-order valence-electron chi connectivity index (χ3n) is 5.08. The minimum Gasteiger partial charge on any atom is -0.152 e. The Kier molecular flexibility index (Phi) is 3.62. The molecular weight excluding hydrogens is 332 g/mol. The van der Waals surface area contributed by atoms with Crippen LogP contribution >= 0.6 is 11.3 Å². The lowest BCUT2D eigenvalue weighted by atomic mass is 9.86. The van der Waals surface area contributed by atoms with Crippen molar-refractivity contribution in [3.8, 4) is 22.3 Å². The van der Waals surface area contributed by atoms with E-state index in [2.05, 4.69) is 96.5 Å². The minimum atomic E-state index is 1.28. The molecule has 0 fully saturated rings. The Morgan fingerprint density at radius 1 is 0.538 bits per heavy atom. The Bertz CT molecular complexity index is 1160. The summed E-state index contributed by atoms with van der Waals surface area (Å²) >= 11 is 1.75. The van der Waals surface area contributed by atoms with Crippen molar-refractivity contribution in [1.29, 1.82) is 0 Å². The molecule has 0 spiro atoms. The summed E-state index contributed by atoms with van der Waals surface area (Å²) in [6.07, 6.45) is 0. The monoisotopic (exact) mass is 350 g/mol. The van der Waals surface area contributed by atoms with Crippen molar-refractivity contribution in [2.45, 2.75) is 6.92 Å². The van der Waals surface area contributed by atoms with E-state index >= 15 is 0 Å². The number of hydrogen-bond donors (Lipinski definition) is 0. The van der Waals surface area contributed by atoms with E-state index in [-0.39, 0.29) is 0 Å². The lowest BCUT2D eigenvalue weighted by Gasteiger charge is -2.17. The zero-order valence-corrected chi connectivity index (χ0v) is 15.4. The van der Waals surface area contributed by atoms with E-state index in [1.165, 1.54) is 49.4 Å². The van der Waals surface area contributed by atoms with Gasteiger partial charge in [0.25, 0.3) is 0 Å². The van der Waals surface area contributed by atoms with Crippen LogP contribution in [-0.4, -0.2) is 0 Å². The summed E-state index contributed by atoms with van der Waals surface area (Å²) in [5, 5.41) is 9.68. The van der Waals surface area contributed by atoms with E-state index in [0.717, 1.165) is 0 Å². The third kappa shape index (κ3) is 2.36. The van der Waals surface area contributed by atoms with Gasteiger partial charge in [-0.1, -0.05) is 78.4 Å². The number of hydrogen-bond acceptors (Lipinski definition) is 1. The Hall–Kier alpha value is -2.90. The van der Waals surface area contributed by atoms with Crippen molar-refractivity contribution < 1.29 is 0 Å². The second-order valence-electron chi connectivity index (χ2n) is 6.72. The molecule has 0 atom stereocenters. The van der Waals surface area contributed by atoms with Crippen LogP contribution in [0.15, 0.2) is 89.6 Å². The summed E-state index contributed by atoms with van der Waals surface area (Å²) in [4.78, 5) is 0. The van der Waals surface area contributed by atoms with Crippen LogP contribution in [0.1, 0.15) is 5.56 Å². The van der Waals surface area contributed by atoms with Crippen molar-refractivity contribution in [2.75, 3.05) is 0 Å². The average Bonchev–Trinajstić information content (AvgIpc) is 3.21. The highest BCUT2D eigenvalue weighted by Gasteiger charge is 2.16. The molecule has 0 saturated carbocycles. The second-order valence-corrected chi connectivity index (χ2v) is 7.50. The van der Waals surface area contributed by atoms with Gasteiger partial charge in [0.05, 0.1) is 0 Å². The van der Waals surface area contributed by atoms with Gasteiger partial charge >= 0.3 is 0 Å². The average molecular weight is 350 g/mol. The first kappa shape index (κ1) is 15.4. The van der Waals surface area contributed by atoms with E-state index in [0.29, 0.717) is 0 Å². The molecule has 0 N–H and O–H groups in total. The molecule has 1 aromatic heterocycles. The maximum absolute atomic E-state index is 2.26. The van der Waals surface area contributed by atoms with Crippen molar-refractivity contribution in [2.24, 2.45) is 0 Å². The van der Waals surface area contributed by atoms with Gasteiger partial charge < -0.3 is 0 Å². The maximum Gasteiger partial charge on any atom is -0.00143 e. The van der Waals surface area contributed by atoms with E-state index in [1.54, 1.807) is 11.3 Å². The fourth-order valence-electron chi connectivity index (χ4n) is 3.88. The first-order valence-corrected chi connectivity index (χ1v) is 9.80. The van der Waals surface area contributed by atoms with Gasteiger partial charge in [-0.15, -0.1) is 0 Å². The Morgan fingerprint density at radius 2 is 1.04 bits per heavy atom. The summed E-state index contributed by atoms with van der Waals surface area (Å²) < 4.78 is 0. The van der Waals surface area contributed by atoms with Gasteiger partial charge in [-0.05, 0) is 67.5 Å². The lowest BCUT2D eigenvalue weighted by molar-refractivity contribution is 1.47. The summed E-state index contributed by atoms with van der Waals surface area (Å²) in [5.74, 6) is 0. The molecule has 124 valence electrons. The first-order valence-electron chi connectivity index (χ1n) is 8.86. The number of thiophene rings is 1. The minimum absolute atomic E-state index is 1.28. The lowest BCUT2D eigenvalue weighted by Crippen LogP contribution is -1.89. The van der Waals surface area contributed by atoms with E-state index in [9.17, 15) is 0 Å². The molecule has 0 aliphatic heterocycles. The highest BCUT2D eigenvalue weighted by atomic mass is 32.1. The standard InChI is InChI=1S/C25H18S/c1-17-10-12-18(13-11-17)24-20-6-2-4-8-22(20)25(19-14-15-26-16-19)23-9-5-3-7-21(23)24/h2-16H,1H3. The van der Waals surface area contributed by atoms with E-state index in [1.807, 2.05) is 0 Å². The van der Waals surface area contributed by atoms with Crippen LogP contribution in [0.25, 0.3) is 43.8 Å². The normalized spacial score (nSPS) is 11.3. The fourth-order valence-corrected chi connectivity index (χ4v) is 4.52. The van der Waals surface area contributed by atoms with Crippen molar-refractivity contribution in [3.63, 3.8) is 0 Å². The van der Waals surface area contributed by atoms with Gasteiger partial charge in [0.15, 0.2) is 0 Å². The molecule has 5 rings (SSSR count). The van der Waals surface area contributed by atoms with Crippen LogP contribution in [0.3, 0.4) is 0 Å². The molecule has 0 amide bonds. The summed E-state index contributed by atoms with van der Waals surface area (Å²) in [6.45, 7) is 2.14. The summed E-state index contributed by atoms with van der Waals surface area (Å²) in [5.41, 5.74) is 6.54. The molecule has 26 heavy (non-hydrogen) atoms. The van der Waals surface area contributed by atoms with Gasteiger partial charge in [0.1, 0.15) is 0 Å². The SMILES string of the molecule is Cc1ccc(-c2c3ccccc3c(-c3ccsc3)c3ccccc23)cc1. The van der Waals surface area contributed by atoms with Gasteiger partial charge in [-0.2, -0.15) is 11.3 Å². The predicted molar refractivity (Wildman–Crippen MR) is 115 cm³/mol. The van der Waals surface area contributed by atoms with Crippen LogP contribution in [0.2, 0.25) is 0 Å². The Balaban J connectivity index is 2.00. The van der Waals surface area contributed by atoms with Crippen LogP contribution in [0.4, 0.5) is 0 Å². The van der Waals surface area contributed by atoms with Gasteiger partial charge in [0.2, 0.25) is 0 Å². The fraction of sp³-hybridized carbons (Fsp3) is 0.0400. The van der Waals surface area contributed by atoms with Crippen molar-refractivity contribution in [3.05, 3.63) is 95.2 Å². The van der Waals surface area contributed by atoms with Gasteiger partial charge in [-0.25, -0.2) is 0 Å². The quantitative estimate of drug-likeness (QED) is 0.286. The smallest absolute Gasteiger partial charge is 0.00143 e. The predicted octanol–water partition coefficient (Wildman–Crippen LogP) is 7.70. The highest BCUT2D eigenvalue weighted by molar-refractivity contribution is 7.08. The van der Waals surface area contributed by atoms with Gasteiger partial charge in [-0.3, -0.25) is 0 Å². The Labute approximate surface area is 157 Å². The summed E-state index contributed by atoms with van der Waals surface area (Å²) in [6, 6.07) is 28.7. The van der Waals surface area contributed by atoms with Gasteiger partial charge in [0, 0.05) is 0 Å².